The summed E-state index contributed by atoms with van der Waals surface area (Å²) in [5.41, 5.74) is -1.18. The average molecular weight is 825 g/mol. The summed E-state index contributed by atoms with van der Waals surface area (Å²) in [4.78, 5) is 111. The number of rotatable bonds is 13. The van der Waals surface area contributed by atoms with Gasteiger partial charge in [-0.1, -0.05) is 0 Å². The topological polar surface area (TPSA) is 296 Å². The molecule has 316 valence electrons. The summed E-state index contributed by atoms with van der Waals surface area (Å²) < 4.78 is 61.8. The number of ketones is 2. The molecule has 0 saturated carbocycles. The van der Waals surface area contributed by atoms with E-state index in [9.17, 15) is 53.4 Å². The zero-order valence-corrected chi connectivity index (χ0v) is 32.0. The molecule has 0 spiro atoms. The first-order chi connectivity index (χ1) is 27.2. The van der Waals surface area contributed by atoms with Crippen LogP contribution in [0.3, 0.4) is 0 Å². The Labute approximate surface area is 328 Å². The standard InChI is InChI=1S/C36H40O22/c1-13(37)48-11-24-29(50-15(3)39)31(51-16(4)40)34(54-19(7)43)36(57-24)58-30-25(12-49-14(2)38)56-35(33(53-18(6)42)32(30)52-17(5)41)55-23-10-22(46)26-20(44)8-9-21(45)27(26)28(23)47/h8-10,24-25,29-36,46-47H,11-12H2,1-7H3/t24-,25-,29-,30-,31+,32+,33-,34-,35-,36-/m1/s1. The van der Waals surface area contributed by atoms with E-state index in [1.807, 2.05) is 0 Å². The smallest absolute Gasteiger partial charge is 0.303 e. The van der Waals surface area contributed by atoms with Gasteiger partial charge in [0, 0.05) is 54.5 Å². The molecule has 1 aliphatic carbocycles. The Kier molecular flexibility index (Phi) is 14.5. The number of phenolic OH excluding ortho intramolecular Hbond substituents is 2. The second kappa shape index (κ2) is 18.9. The van der Waals surface area contributed by atoms with Gasteiger partial charge in [0.25, 0.3) is 0 Å². The minimum atomic E-state index is -1.97. The van der Waals surface area contributed by atoms with E-state index in [0.29, 0.717) is 0 Å². The summed E-state index contributed by atoms with van der Waals surface area (Å²) in [6, 6.07) is 0.759. The van der Waals surface area contributed by atoms with Crippen LogP contribution in [0.25, 0.3) is 0 Å². The highest BCUT2D eigenvalue weighted by Crippen LogP contribution is 2.43. The van der Waals surface area contributed by atoms with Crippen LogP contribution in [0.5, 0.6) is 17.2 Å². The number of aromatic hydroxyl groups is 2. The zero-order valence-electron chi connectivity index (χ0n) is 32.0. The molecule has 0 amide bonds. The predicted octanol–water partition coefficient (Wildman–Crippen LogP) is 0.0315. The van der Waals surface area contributed by atoms with E-state index in [0.717, 1.165) is 66.7 Å². The first-order valence-electron chi connectivity index (χ1n) is 17.3. The molecule has 1 aromatic carbocycles. The van der Waals surface area contributed by atoms with Gasteiger partial charge in [0.05, 0.1) is 11.1 Å². The summed E-state index contributed by atoms with van der Waals surface area (Å²) in [6.45, 7) is 5.52. The number of phenols is 2. The van der Waals surface area contributed by atoms with E-state index in [2.05, 4.69) is 0 Å². The summed E-state index contributed by atoms with van der Waals surface area (Å²) in [5, 5.41) is 21.8. The van der Waals surface area contributed by atoms with Crippen molar-refractivity contribution in [1.29, 1.82) is 0 Å². The van der Waals surface area contributed by atoms with Crippen LogP contribution in [0.1, 0.15) is 69.2 Å². The highest BCUT2D eigenvalue weighted by atomic mass is 16.8. The van der Waals surface area contributed by atoms with Crippen LogP contribution in [0.2, 0.25) is 0 Å². The zero-order chi connectivity index (χ0) is 43.2. The fraction of sp³-hybridized carbons (Fsp3) is 0.528. The predicted molar refractivity (Wildman–Crippen MR) is 181 cm³/mol. The molecule has 2 fully saturated rings. The minimum Gasteiger partial charge on any atom is -0.507 e. The molecule has 2 aliphatic heterocycles. The van der Waals surface area contributed by atoms with E-state index in [4.69, 9.17) is 52.1 Å². The third-order valence-corrected chi connectivity index (χ3v) is 8.25. The van der Waals surface area contributed by atoms with Gasteiger partial charge in [-0.05, 0) is 12.2 Å². The van der Waals surface area contributed by atoms with Crippen molar-refractivity contribution in [3.8, 4) is 17.2 Å². The molecule has 1 aromatic rings. The van der Waals surface area contributed by atoms with Gasteiger partial charge in [0.2, 0.25) is 12.4 Å². The number of carbonyl (C=O) groups excluding carboxylic acids is 9. The second-order valence-electron chi connectivity index (χ2n) is 12.8. The Hall–Kier alpha value is -6.13. The number of allylic oxidation sites excluding steroid dienone is 2. The van der Waals surface area contributed by atoms with E-state index >= 15 is 0 Å². The van der Waals surface area contributed by atoms with Gasteiger partial charge in [-0.2, -0.15) is 0 Å². The third-order valence-electron chi connectivity index (χ3n) is 8.25. The normalized spacial score (nSPS) is 27.6. The molecule has 0 radical (unpaired) electrons. The molecule has 22 nitrogen and oxygen atoms in total. The fourth-order valence-electron chi connectivity index (χ4n) is 6.22. The van der Waals surface area contributed by atoms with Gasteiger partial charge in [0.15, 0.2) is 53.8 Å². The van der Waals surface area contributed by atoms with Crippen molar-refractivity contribution in [3.63, 3.8) is 0 Å². The molecule has 22 heteroatoms. The van der Waals surface area contributed by atoms with Crippen LogP contribution in [-0.4, -0.2) is 138 Å². The van der Waals surface area contributed by atoms with Gasteiger partial charge >= 0.3 is 41.8 Å². The number of hydrogen-bond acceptors (Lipinski definition) is 22. The molecule has 2 saturated heterocycles. The van der Waals surface area contributed by atoms with Crippen molar-refractivity contribution in [3.05, 3.63) is 29.3 Å². The molecule has 0 bridgehead atoms. The van der Waals surface area contributed by atoms with Crippen molar-refractivity contribution in [2.75, 3.05) is 13.2 Å². The van der Waals surface area contributed by atoms with Crippen LogP contribution in [0, 0.1) is 0 Å². The lowest BCUT2D eigenvalue weighted by Gasteiger charge is -2.48. The summed E-state index contributed by atoms with van der Waals surface area (Å²) in [5.74, 6) is -10.8. The summed E-state index contributed by atoms with van der Waals surface area (Å²) >= 11 is 0. The van der Waals surface area contributed by atoms with E-state index in [1.54, 1.807) is 0 Å². The Bertz CT molecular complexity index is 1870. The lowest BCUT2D eigenvalue weighted by molar-refractivity contribution is -0.354. The first kappa shape index (κ1) is 44.6. The monoisotopic (exact) mass is 824 g/mol. The van der Waals surface area contributed by atoms with Gasteiger partial charge < -0.3 is 62.3 Å². The molecular formula is C36H40O22. The molecule has 4 rings (SSSR count). The number of esters is 7. The van der Waals surface area contributed by atoms with Crippen molar-refractivity contribution >= 4 is 53.4 Å². The lowest BCUT2D eigenvalue weighted by Crippen LogP contribution is -2.67. The van der Waals surface area contributed by atoms with E-state index in [1.165, 1.54) is 0 Å². The van der Waals surface area contributed by atoms with Crippen LogP contribution in [-0.2, 0) is 80.9 Å². The van der Waals surface area contributed by atoms with Gasteiger partial charge in [0.1, 0.15) is 37.3 Å². The van der Waals surface area contributed by atoms with E-state index < -0.39 is 156 Å². The van der Waals surface area contributed by atoms with Crippen LogP contribution in [0.15, 0.2) is 18.2 Å². The molecule has 2 heterocycles. The molecule has 0 unspecified atom stereocenters. The minimum absolute atomic E-state index is 0.540. The highest BCUT2D eigenvalue weighted by Gasteiger charge is 2.58. The third kappa shape index (κ3) is 10.8. The highest BCUT2D eigenvalue weighted by molar-refractivity contribution is 6.24. The van der Waals surface area contributed by atoms with E-state index in [-0.39, 0.29) is 0 Å². The van der Waals surface area contributed by atoms with Crippen LogP contribution in [0.4, 0.5) is 0 Å². The average Bonchev–Trinajstić information content (AvgIpc) is 3.10. The Morgan fingerprint density at radius 1 is 0.534 bits per heavy atom. The molecule has 10 atom stereocenters. The maximum atomic E-state index is 12.7. The molecule has 0 aromatic heterocycles. The molecule has 58 heavy (non-hydrogen) atoms. The molecule has 3 aliphatic rings. The second-order valence-corrected chi connectivity index (χ2v) is 12.8. The van der Waals surface area contributed by atoms with Crippen molar-refractivity contribution < 1.29 is 105 Å². The maximum Gasteiger partial charge on any atom is 0.303 e. The summed E-state index contributed by atoms with van der Waals surface area (Å²) in [7, 11) is 0. The largest absolute Gasteiger partial charge is 0.507 e. The van der Waals surface area contributed by atoms with Crippen LogP contribution >= 0.6 is 0 Å². The maximum absolute atomic E-state index is 12.7. The number of ether oxygens (including phenoxy) is 11. The van der Waals surface area contributed by atoms with Gasteiger partial charge in [-0.25, -0.2) is 0 Å². The Balaban J connectivity index is 1.86. The quantitative estimate of drug-likeness (QED) is 0.151. The van der Waals surface area contributed by atoms with Crippen molar-refractivity contribution in [2.45, 2.75) is 110 Å². The number of fused-ring (bicyclic) bond motifs is 1. The Morgan fingerprint density at radius 2 is 0.931 bits per heavy atom. The molecular weight excluding hydrogens is 784 g/mol. The number of hydrogen-bond donors (Lipinski definition) is 2. The number of carbonyl (C=O) groups is 9. The van der Waals surface area contributed by atoms with Crippen molar-refractivity contribution in [1.82, 2.24) is 0 Å². The lowest BCUT2D eigenvalue weighted by atomic mass is 9.92. The summed E-state index contributed by atoms with van der Waals surface area (Å²) in [6.07, 6.45) is -16.1. The fourth-order valence-corrected chi connectivity index (χ4v) is 6.22. The first-order valence-corrected chi connectivity index (χ1v) is 17.3. The SMILES string of the molecule is CC(=O)OC[C@H]1O[C@H](O[C@H]2[C@H](OC(C)=O)[C@@H](OC(C)=O)[C@H](Oc3cc(O)c4c(c3O)C(=O)C=CC4=O)O[C@@H]2COC(C)=O)[C@H](OC(C)=O)[C@@H](OC(C)=O)[C@@H]1OC(C)=O. The molecule has 2 N–H and O–H groups in total. The number of benzene rings is 1. The Morgan fingerprint density at radius 3 is 1.41 bits per heavy atom. The van der Waals surface area contributed by atoms with Crippen molar-refractivity contribution in [2.24, 2.45) is 0 Å². The van der Waals surface area contributed by atoms with Crippen LogP contribution < -0.4 is 4.74 Å². The van der Waals surface area contributed by atoms with Gasteiger partial charge in [-0.3, -0.25) is 43.2 Å². The van der Waals surface area contributed by atoms with Gasteiger partial charge in [-0.15, -0.1) is 0 Å².